The zero-order valence-corrected chi connectivity index (χ0v) is 14.3. The van der Waals surface area contributed by atoms with E-state index in [0.717, 1.165) is 29.1 Å². The molecule has 1 aromatic heterocycles. The van der Waals surface area contributed by atoms with Crippen molar-refractivity contribution in [1.82, 2.24) is 15.4 Å². The summed E-state index contributed by atoms with van der Waals surface area (Å²) in [5.41, 5.74) is 4.30. The molecule has 0 aliphatic carbocycles. The summed E-state index contributed by atoms with van der Waals surface area (Å²) in [7, 11) is 4.08. The lowest BCUT2D eigenvalue weighted by atomic mass is 10.1. The SMILES string of the molecule is Cc1noc(C)c1CCC(=O)NCc1ccccc1CN(C)C. The van der Waals surface area contributed by atoms with Gasteiger partial charge in [-0.1, -0.05) is 29.4 Å². The zero-order chi connectivity index (χ0) is 16.8. The van der Waals surface area contributed by atoms with E-state index in [1.807, 2.05) is 40.1 Å². The first-order valence-corrected chi connectivity index (χ1v) is 7.87. The highest BCUT2D eigenvalue weighted by Crippen LogP contribution is 2.14. The van der Waals surface area contributed by atoms with Gasteiger partial charge in [-0.2, -0.15) is 0 Å². The van der Waals surface area contributed by atoms with E-state index in [9.17, 15) is 4.79 Å². The van der Waals surface area contributed by atoms with Crippen molar-refractivity contribution < 1.29 is 9.32 Å². The Balaban J connectivity index is 1.87. The molecule has 124 valence electrons. The fraction of sp³-hybridized carbons (Fsp3) is 0.444. The largest absolute Gasteiger partial charge is 0.361 e. The molecule has 0 aliphatic heterocycles. The monoisotopic (exact) mass is 315 g/mol. The molecule has 5 nitrogen and oxygen atoms in total. The summed E-state index contributed by atoms with van der Waals surface area (Å²) in [5.74, 6) is 0.844. The number of carbonyl (C=O) groups is 1. The summed E-state index contributed by atoms with van der Waals surface area (Å²) in [5, 5.41) is 6.92. The number of nitrogens with zero attached hydrogens (tertiary/aromatic N) is 2. The average Bonchev–Trinajstić information content (AvgIpc) is 2.82. The maximum Gasteiger partial charge on any atom is 0.220 e. The second kappa shape index (κ2) is 7.92. The van der Waals surface area contributed by atoms with Gasteiger partial charge in [-0.15, -0.1) is 0 Å². The Morgan fingerprint density at radius 2 is 1.91 bits per heavy atom. The van der Waals surface area contributed by atoms with Gasteiger partial charge in [-0.3, -0.25) is 4.79 Å². The number of hydrogen-bond acceptors (Lipinski definition) is 4. The van der Waals surface area contributed by atoms with Gasteiger partial charge in [0, 0.05) is 25.1 Å². The molecule has 1 N–H and O–H groups in total. The predicted octanol–water partition coefficient (Wildman–Crippen LogP) is 2.60. The van der Waals surface area contributed by atoms with Gasteiger partial charge in [0.05, 0.1) is 5.69 Å². The van der Waals surface area contributed by atoms with Crippen LogP contribution in [0.25, 0.3) is 0 Å². The molecule has 2 aromatic rings. The highest BCUT2D eigenvalue weighted by molar-refractivity contribution is 5.76. The van der Waals surface area contributed by atoms with Crippen molar-refractivity contribution in [3.8, 4) is 0 Å². The quantitative estimate of drug-likeness (QED) is 0.853. The molecule has 0 atom stereocenters. The fourth-order valence-electron chi connectivity index (χ4n) is 2.60. The van der Waals surface area contributed by atoms with Crippen LogP contribution in [0.4, 0.5) is 0 Å². The molecule has 0 fully saturated rings. The van der Waals surface area contributed by atoms with Gasteiger partial charge in [0.2, 0.25) is 5.91 Å². The van der Waals surface area contributed by atoms with Crippen LogP contribution in [0.5, 0.6) is 0 Å². The van der Waals surface area contributed by atoms with E-state index in [4.69, 9.17) is 4.52 Å². The van der Waals surface area contributed by atoms with Crippen LogP contribution < -0.4 is 5.32 Å². The Morgan fingerprint density at radius 1 is 1.22 bits per heavy atom. The molecule has 1 heterocycles. The van der Waals surface area contributed by atoms with Crippen LogP contribution in [0.3, 0.4) is 0 Å². The van der Waals surface area contributed by atoms with Crippen molar-refractivity contribution in [3.05, 3.63) is 52.4 Å². The Labute approximate surface area is 137 Å². The molecule has 2 rings (SSSR count). The maximum absolute atomic E-state index is 12.1. The van der Waals surface area contributed by atoms with E-state index in [0.29, 0.717) is 19.4 Å². The number of benzene rings is 1. The third kappa shape index (κ3) is 4.93. The lowest BCUT2D eigenvalue weighted by Gasteiger charge is -2.14. The minimum atomic E-state index is 0.0460. The van der Waals surface area contributed by atoms with Crippen LogP contribution in [0.15, 0.2) is 28.8 Å². The number of aryl methyl sites for hydroxylation is 2. The van der Waals surface area contributed by atoms with Gasteiger partial charge in [0.25, 0.3) is 0 Å². The Kier molecular flexibility index (Phi) is 5.93. The van der Waals surface area contributed by atoms with Crippen LogP contribution in [0.1, 0.15) is 34.6 Å². The maximum atomic E-state index is 12.1. The van der Waals surface area contributed by atoms with Crippen LogP contribution in [0, 0.1) is 13.8 Å². The van der Waals surface area contributed by atoms with E-state index < -0.39 is 0 Å². The van der Waals surface area contributed by atoms with E-state index in [-0.39, 0.29) is 5.91 Å². The average molecular weight is 315 g/mol. The molecule has 0 radical (unpaired) electrons. The highest BCUT2D eigenvalue weighted by Gasteiger charge is 2.11. The Hall–Kier alpha value is -2.14. The fourth-order valence-corrected chi connectivity index (χ4v) is 2.60. The molecule has 0 saturated heterocycles. The molecule has 0 saturated carbocycles. The van der Waals surface area contributed by atoms with Gasteiger partial charge in [-0.05, 0) is 45.5 Å². The summed E-state index contributed by atoms with van der Waals surface area (Å²) in [6, 6.07) is 8.20. The van der Waals surface area contributed by atoms with E-state index in [1.165, 1.54) is 5.56 Å². The first-order valence-electron chi connectivity index (χ1n) is 7.87. The zero-order valence-electron chi connectivity index (χ0n) is 14.3. The second-order valence-corrected chi connectivity index (χ2v) is 6.09. The number of rotatable bonds is 7. The number of carbonyl (C=O) groups excluding carboxylic acids is 1. The molecular weight excluding hydrogens is 290 g/mol. The van der Waals surface area contributed by atoms with Gasteiger partial charge in [0.15, 0.2) is 0 Å². The summed E-state index contributed by atoms with van der Waals surface area (Å²) < 4.78 is 5.12. The van der Waals surface area contributed by atoms with Crippen molar-refractivity contribution in [3.63, 3.8) is 0 Å². The first kappa shape index (κ1) is 17.2. The molecule has 1 amide bonds. The van der Waals surface area contributed by atoms with Crippen LogP contribution in [-0.2, 0) is 24.3 Å². The highest BCUT2D eigenvalue weighted by atomic mass is 16.5. The summed E-state index contributed by atoms with van der Waals surface area (Å²) in [4.78, 5) is 14.2. The minimum Gasteiger partial charge on any atom is -0.361 e. The number of aromatic nitrogens is 1. The van der Waals surface area contributed by atoms with E-state index in [2.05, 4.69) is 27.5 Å². The van der Waals surface area contributed by atoms with Gasteiger partial charge in [0.1, 0.15) is 5.76 Å². The van der Waals surface area contributed by atoms with Gasteiger partial charge in [-0.25, -0.2) is 0 Å². The molecule has 0 aliphatic rings. The minimum absolute atomic E-state index is 0.0460. The molecule has 0 unspecified atom stereocenters. The number of nitrogens with one attached hydrogen (secondary N) is 1. The summed E-state index contributed by atoms with van der Waals surface area (Å²) in [6.45, 7) is 5.21. The second-order valence-electron chi connectivity index (χ2n) is 6.09. The van der Waals surface area contributed by atoms with Crippen molar-refractivity contribution in [1.29, 1.82) is 0 Å². The third-order valence-corrected chi connectivity index (χ3v) is 3.86. The van der Waals surface area contributed by atoms with Crippen molar-refractivity contribution in [2.45, 2.75) is 39.8 Å². The standard InChI is InChI=1S/C18H25N3O2/c1-13-17(14(2)23-20-13)9-10-18(22)19-11-15-7-5-6-8-16(15)12-21(3)4/h5-8H,9-12H2,1-4H3,(H,19,22). The third-order valence-electron chi connectivity index (χ3n) is 3.86. The van der Waals surface area contributed by atoms with Crippen LogP contribution in [0.2, 0.25) is 0 Å². The molecule has 0 bridgehead atoms. The smallest absolute Gasteiger partial charge is 0.220 e. The number of amides is 1. The van der Waals surface area contributed by atoms with Crippen molar-refractivity contribution in [2.24, 2.45) is 0 Å². The van der Waals surface area contributed by atoms with E-state index in [1.54, 1.807) is 0 Å². The van der Waals surface area contributed by atoms with Crippen molar-refractivity contribution >= 4 is 5.91 Å². The molecular formula is C18H25N3O2. The predicted molar refractivity (Wildman–Crippen MR) is 90.0 cm³/mol. The Bertz CT molecular complexity index is 643. The number of hydrogen-bond donors (Lipinski definition) is 1. The van der Waals surface area contributed by atoms with E-state index >= 15 is 0 Å². The van der Waals surface area contributed by atoms with Gasteiger partial charge >= 0.3 is 0 Å². The molecule has 0 spiro atoms. The van der Waals surface area contributed by atoms with Crippen LogP contribution in [-0.4, -0.2) is 30.1 Å². The topological polar surface area (TPSA) is 58.4 Å². The first-order chi connectivity index (χ1) is 11.0. The summed E-state index contributed by atoms with van der Waals surface area (Å²) in [6.07, 6.45) is 1.10. The molecule has 23 heavy (non-hydrogen) atoms. The lowest BCUT2D eigenvalue weighted by molar-refractivity contribution is -0.121. The summed E-state index contributed by atoms with van der Waals surface area (Å²) >= 11 is 0. The Morgan fingerprint density at radius 3 is 2.52 bits per heavy atom. The van der Waals surface area contributed by atoms with Crippen LogP contribution >= 0.6 is 0 Å². The normalized spacial score (nSPS) is 11.0. The molecule has 5 heteroatoms. The van der Waals surface area contributed by atoms with Gasteiger partial charge < -0.3 is 14.7 Å². The lowest BCUT2D eigenvalue weighted by Crippen LogP contribution is -2.24. The van der Waals surface area contributed by atoms with Crippen molar-refractivity contribution in [2.75, 3.05) is 14.1 Å². The molecule has 1 aromatic carbocycles.